The minimum atomic E-state index is 0.679. The number of aliphatic imine (C=N–C) groups is 1. The molecule has 0 saturated carbocycles. The molecule has 0 amide bonds. The quantitative estimate of drug-likeness (QED) is 0.370. The van der Waals surface area contributed by atoms with E-state index in [0.29, 0.717) is 13.2 Å². The van der Waals surface area contributed by atoms with E-state index in [9.17, 15) is 0 Å². The second-order valence-electron chi connectivity index (χ2n) is 7.63. The molecule has 168 valence electrons. The predicted molar refractivity (Wildman–Crippen MR) is 126 cm³/mol. The Labute approximate surface area is 188 Å². The lowest BCUT2D eigenvalue weighted by atomic mass is 10.2. The van der Waals surface area contributed by atoms with E-state index in [2.05, 4.69) is 33.0 Å². The molecule has 8 heteroatoms. The fourth-order valence-corrected chi connectivity index (χ4v) is 4.30. The van der Waals surface area contributed by atoms with Gasteiger partial charge in [-0.3, -0.25) is 9.89 Å². The molecule has 31 heavy (non-hydrogen) atoms. The molecule has 0 spiro atoms. The summed E-state index contributed by atoms with van der Waals surface area (Å²) in [6.07, 6.45) is 2.91. The largest absolute Gasteiger partial charge is 0.490 e. The molecule has 1 aromatic heterocycles. The summed E-state index contributed by atoms with van der Waals surface area (Å²) >= 11 is 1.79. The summed E-state index contributed by atoms with van der Waals surface area (Å²) in [4.78, 5) is 8.64. The van der Waals surface area contributed by atoms with E-state index >= 15 is 0 Å². The van der Waals surface area contributed by atoms with Crippen LogP contribution in [-0.4, -0.2) is 70.0 Å². The highest BCUT2D eigenvalue weighted by molar-refractivity contribution is 7.09. The van der Waals surface area contributed by atoms with E-state index in [1.165, 1.54) is 4.88 Å². The van der Waals surface area contributed by atoms with Crippen molar-refractivity contribution in [2.45, 2.75) is 19.3 Å². The molecule has 2 N–H and O–H groups in total. The maximum absolute atomic E-state index is 5.83. The summed E-state index contributed by atoms with van der Waals surface area (Å²) in [6.45, 7) is 7.75. The van der Waals surface area contributed by atoms with Gasteiger partial charge in [0.15, 0.2) is 17.5 Å². The molecule has 0 atom stereocenters. The van der Waals surface area contributed by atoms with Gasteiger partial charge in [-0.2, -0.15) is 0 Å². The van der Waals surface area contributed by atoms with Gasteiger partial charge in [0.2, 0.25) is 0 Å². The van der Waals surface area contributed by atoms with Crippen LogP contribution < -0.4 is 20.1 Å². The second-order valence-corrected chi connectivity index (χ2v) is 8.66. The molecule has 3 heterocycles. The monoisotopic (exact) mass is 444 g/mol. The van der Waals surface area contributed by atoms with Crippen LogP contribution in [0.5, 0.6) is 11.5 Å². The number of benzene rings is 1. The first-order chi connectivity index (χ1) is 15.4. The molecule has 0 radical (unpaired) electrons. The third-order valence-electron chi connectivity index (χ3n) is 5.26. The second kappa shape index (κ2) is 11.9. The Balaban J connectivity index is 1.34. The van der Waals surface area contributed by atoms with Crippen molar-refractivity contribution in [3.63, 3.8) is 0 Å². The Kier molecular flexibility index (Phi) is 8.44. The molecule has 2 aliphatic rings. The van der Waals surface area contributed by atoms with Crippen LogP contribution in [0.15, 0.2) is 40.7 Å². The normalized spacial score (nSPS) is 17.2. The summed E-state index contributed by atoms with van der Waals surface area (Å²) in [6, 6.07) is 10.2. The maximum Gasteiger partial charge on any atom is 0.195 e. The Morgan fingerprint density at radius 3 is 2.77 bits per heavy atom. The number of nitrogens with one attached hydrogen (secondary N) is 2. The third kappa shape index (κ3) is 7.12. The van der Waals surface area contributed by atoms with E-state index in [0.717, 1.165) is 88.3 Å². The van der Waals surface area contributed by atoms with Crippen molar-refractivity contribution in [3.05, 3.63) is 40.6 Å². The van der Waals surface area contributed by atoms with Crippen molar-refractivity contribution >= 4 is 23.0 Å². The summed E-state index contributed by atoms with van der Waals surface area (Å²) in [5.41, 5.74) is 0.944. The van der Waals surface area contributed by atoms with Gasteiger partial charge >= 0.3 is 0 Å². The average Bonchev–Trinajstić information content (AvgIpc) is 3.21. The zero-order chi connectivity index (χ0) is 21.1. The number of hydrogen-bond donors (Lipinski definition) is 2. The summed E-state index contributed by atoms with van der Waals surface area (Å²) in [7, 11) is 0. The first kappa shape index (κ1) is 21.9. The van der Waals surface area contributed by atoms with Crippen LogP contribution in [0, 0.1) is 0 Å². The van der Waals surface area contributed by atoms with E-state index in [1.54, 1.807) is 11.3 Å². The number of ether oxygens (including phenoxy) is 3. The van der Waals surface area contributed by atoms with Gasteiger partial charge in [-0.15, -0.1) is 11.3 Å². The molecule has 0 unspecified atom stereocenters. The minimum Gasteiger partial charge on any atom is -0.490 e. The van der Waals surface area contributed by atoms with Gasteiger partial charge in [0.05, 0.1) is 26.4 Å². The topological polar surface area (TPSA) is 67.4 Å². The number of morpholine rings is 1. The Hall–Kier alpha value is -2.29. The molecule has 2 aliphatic heterocycles. The maximum atomic E-state index is 5.83. The van der Waals surface area contributed by atoms with Gasteiger partial charge in [0, 0.05) is 55.8 Å². The third-order valence-corrected chi connectivity index (χ3v) is 6.20. The average molecular weight is 445 g/mol. The van der Waals surface area contributed by atoms with Gasteiger partial charge < -0.3 is 24.8 Å². The summed E-state index contributed by atoms with van der Waals surface area (Å²) < 4.78 is 17.0. The van der Waals surface area contributed by atoms with Gasteiger partial charge in [-0.1, -0.05) is 6.07 Å². The van der Waals surface area contributed by atoms with Crippen molar-refractivity contribution in [3.8, 4) is 11.5 Å². The van der Waals surface area contributed by atoms with E-state index in [4.69, 9.17) is 19.2 Å². The number of hydrogen-bond acceptors (Lipinski definition) is 6. The van der Waals surface area contributed by atoms with Crippen LogP contribution >= 0.6 is 11.3 Å². The molecule has 1 aromatic carbocycles. The molecule has 0 bridgehead atoms. The van der Waals surface area contributed by atoms with E-state index < -0.39 is 0 Å². The lowest BCUT2D eigenvalue weighted by Crippen LogP contribution is -2.37. The first-order valence-corrected chi connectivity index (χ1v) is 12.0. The molecule has 1 fully saturated rings. The number of guanidine groups is 1. The number of thiophene rings is 1. The molecule has 7 nitrogen and oxygen atoms in total. The van der Waals surface area contributed by atoms with Gasteiger partial charge in [0.1, 0.15) is 0 Å². The minimum absolute atomic E-state index is 0.679. The zero-order valence-corrected chi connectivity index (χ0v) is 18.8. The van der Waals surface area contributed by atoms with Crippen LogP contribution in [0.2, 0.25) is 0 Å². The fraction of sp³-hybridized carbons (Fsp3) is 0.522. The van der Waals surface area contributed by atoms with Crippen molar-refractivity contribution in [1.29, 1.82) is 0 Å². The highest BCUT2D eigenvalue weighted by Gasteiger charge is 2.12. The molecular formula is C23H32N4O3S. The van der Waals surface area contributed by atoms with Crippen LogP contribution in [0.4, 0.5) is 5.69 Å². The molecule has 1 saturated heterocycles. The summed E-state index contributed by atoms with van der Waals surface area (Å²) in [5.74, 6) is 2.39. The summed E-state index contributed by atoms with van der Waals surface area (Å²) in [5, 5.41) is 9.04. The number of rotatable bonds is 8. The molecule has 4 rings (SSSR count). The lowest BCUT2D eigenvalue weighted by molar-refractivity contribution is 0.0377. The van der Waals surface area contributed by atoms with Crippen molar-refractivity contribution in [1.82, 2.24) is 10.2 Å². The van der Waals surface area contributed by atoms with Gasteiger partial charge in [-0.25, -0.2) is 0 Å². The number of fused-ring (bicyclic) bond motifs is 1. The van der Waals surface area contributed by atoms with Crippen molar-refractivity contribution in [2.24, 2.45) is 4.99 Å². The zero-order valence-electron chi connectivity index (χ0n) is 18.0. The highest BCUT2D eigenvalue weighted by Crippen LogP contribution is 2.32. The van der Waals surface area contributed by atoms with Crippen molar-refractivity contribution < 1.29 is 14.2 Å². The van der Waals surface area contributed by atoms with Crippen LogP contribution in [0.1, 0.15) is 17.7 Å². The number of nitrogens with zero attached hydrogens (tertiary/aromatic N) is 2. The molecular weight excluding hydrogens is 412 g/mol. The van der Waals surface area contributed by atoms with Gasteiger partial charge in [0.25, 0.3) is 0 Å². The lowest BCUT2D eigenvalue weighted by Gasteiger charge is -2.26. The predicted octanol–water partition coefficient (Wildman–Crippen LogP) is 3.23. The SMILES string of the molecule is c1csc(CCNC(=NCCCN2CCOCC2)Nc2ccc3c(c2)OCCCO3)c1. The van der Waals surface area contributed by atoms with Gasteiger partial charge in [-0.05, 0) is 36.4 Å². The highest BCUT2D eigenvalue weighted by atomic mass is 32.1. The fourth-order valence-electron chi connectivity index (χ4n) is 3.59. The van der Waals surface area contributed by atoms with Crippen LogP contribution in [-0.2, 0) is 11.2 Å². The smallest absolute Gasteiger partial charge is 0.195 e. The van der Waals surface area contributed by atoms with E-state index in [-0.39, 0.29) is 0 Å². The Morgan fingerprint density at radius 1 is 1.06 bits per heavy atom. The standard InChI is InChI=1S/C23H32N4O3S/c1-4-20(31-17-1)7-9-25-23(24-8-2-10-27-11-15-28-16-12-27)26-19-5-6-21-22(18-19)30-14-3-13-29-21/h1,4-6,17-18H,2-3,7-16H2,(H2,24,25,26). The Bertz CT molecular complexity index is 822. The van der Waals surface area contributed by atoms with Crippen molar-refractivity contribution in [2.75, 3.05) is 64.5 Å². The molecule has 2 aromatic rings. The first-order valence-electron chi connectivity index (χ1n) is 11.1. The van der Waals surface area contributed by atoms with Crippen LogP contribution in [0.25, 0.3) is 0 Å². The van der Waals surface area contributed by atoms with Crippen LogP contribution in [0.3, 0.4) is 0 Å². The Morgan fingerprint density at radius 2 is 1.94 bits per heavy atom. The number of anilines is 1. The molecule has 0 aliphatic carbocycles. The van der Waals surface area contributed by atoms with E-state index in [1.807, 2.05) is 18.2 Å².